The number of piperazine rings is 1. The number of nitrogens with zero attached hydrogens (tertiary/aromatic N) is 2. The van der Waals surface area contributed by atoms with E-state index in [9.17, 15) is 9.18 Å². The van der Waals surface area contributed by atoms with Crippen LogP contribution in [0.5, 0.6) is 5.75 Å². The lowest BCUT2D eigenvalue weighted by atomic mass is 10.3. The van der Waals surface area contributed by atoms with Crippen molar-refractivity contribution in [2.24, 2.45) is 0 Å². The van der Waals surface area contributed by atoms with Gasteiger partial charge in [-0.1, -0.05) is 0 Å². The predicted octanol–water partition coefficient (Wildman–Crippen LogP) is 1.74. The summed E-state index contributed by atoms with van der Waals surface area (Å²) in [6.07, 6.45) is 0.936. The molecule has 0 unspecified atom stereocenters. The first-order valence-electron chi connectivity index (χ1n) is 8.65. The number of ether oxygens (including phenoxy) is 1. The number of rotatable bonds is 8. The molecule has 1 fully saturated rings. The maximum absolute atomic E-state index is 12.8. The molecule has 0 radical (unpaired) electrons. The first-order valence-corrected chi connectivity index (χ1v) is 8.65. The second kappa shape index (κ2) is 9.59. The van der Waals surface area contributed by atoms with Gasteiger partial charge >= 0.3 is 0 Å². The van der Waals surface area contributed by atoms with E-state index in [1.807, 2.05) is 13.8 Å². The molecule has 1 aliphatic rings. The van der Waals surface area contributed by atoms with Crippen LogP contribution in [0.3, 0.4) is 0 Å². The Morgan fingerprint density at radius 1 is 1.17 bits per heavy atom. The maximum Gasteiger partial charge on any atom is 0.234 e. The van der Waals surface area contributed by atoms with Gasteiger partial charge in [-0.15, -0.1) is 0 Å². The number of halogens is 1. The fourth-order valence-electron chi connectivity index (χ4n) is 2.75. The highest BCUT2D eigenvalue weighted by Crippen LogP contribution is 2.11. The second-order valence-corrected chi connectivity index (χ2v) is 6.50. The van der Waals surface area contributed by atoms with Crippen LogP contribution >= 0.6 is 0 Å². The van der Waals surface area contributed by atoms with Crippen LogP contribution in [0.25, 0.3) is 0 Å². The zero-order valence-electron chi connectivity index (χ0n) is 14.6. The van der Waals surface area contributed by atoms with E-state index in [0.29, 0.717) is 18.9 Å². The summed E-state index contributed by atoms with van der Waals surface area (Å²) in [4.78, 5) is 16.4. The van der Waals surface area contributed by atoms with Gasteiger partial charge in [0.05, 0.1) is 13.2 Å². The van der Waals surface area contributed by atoms with Crippen molar-refractivity contribution < 1.29 is 13.9 Å². The minimum absolute atomic E-state index is 0.103. The lowest BCUT2D eigenvalue weighted by Gasteiger charge is -2.34. The SMILES string of the molecule is CC(C)NC(=O)CN1CCN(CCCOc2ccc(F)cc2)CC1. The van der Waals surface area contributed by atoms with Crippen molar-refractivity contribution in [3.05, 3.63) is 30.1 Å². The molecule has 0 aromatic heterocycles. The molecular weight excluding hydrogens is 309 g/mol. The molecule has 1 heterocycles. The van der Waals surface area contributed by atoms with E-state index in [2.05, 4.69) is 15.1 Å². The van der Waals surface area contributed by atoms with Crippen LogP contribution in [-0.4, -0.2) is 67.6 Å². The molecule has 0 bridgehead atoms. The van der Waals surface area contributed by atoms with E-state index in [4.69, 9.17) is 4.74 Å². The summed E-state index contributed by atoms with van der Waals surface area (Å²) in [5.41, 5.74) is 0. The largest absolute Gasteiger partial charge is 0.494 e. The van der Waals surface area contributed by atoms with Crippen molar-refractivity contribution in [1.82, 2.24) is 15.1 Å². The summed E-state index contributed by atoms with van der Waals surface area (Å²) < 4.78 is 18.4. The van der Waals surface area contributed by atoms with Crippen molar-refractivity contribution in [3.63, 3.8) is 0 Å². The third kappa shape index (κ3) is 6.84. The van der Waals surface area contributed by atoms with Gasteiger partial charge in [0.25, 0.3) is 0 Å². The summed E-state index contributed by atoms with van der Waals surface area (Å²) >= 11 is 0. The van der Waals surface area contributed by atoms with Gasteiger partial charge in [-0.25, -0.2) is 4.39 Å². The maximum atomic E-state index is 12.8. The van der Waals surface area contributed by atoms with E-state index < -0.39 is 0 Å². The Kier molecular flexibility index (Phi) is 7.46. The monoisotopic (exact) mass is 337 g/mol. The zero-order chi connectivity index (χ0) is 17.4. The van der Waals surface area contributed by atoms with Crippen LogP contribution in [0.4, 0.5) is 4.39 Å². The molecule has 5 nitrogen and oxygen atoms in total. The Morgan fingerprint density at radius 2 is 1.79 bits per heavy atom. The number of carbonyl (C=O) groups excluding carboxylic acids is 1. The van der Waals surface area contributed by atoms with Crippen LogP contribution in [0.2, 0.25) is 0 Å². The molecule has 1 aromatic rings. The standard InChI is InChI=1S/C18H28FN3O2/c1-15(2)20-18(23)14-22-11-9-21(10-12-22)8-3-13-24-17-6-4-16(19)5-7-17/h4-7,15H,3,8-14H2,1-2H3,(H,20,23). The van der Waals surface area contributed by atoms with Gasteiger partial charge in [0.2, 0.25) is 5.91 Å². The van der Waals surface area contributed by atoms with Gasteiger partial charge < -0.3 is 15.0 Å². The first kappa shape index (κ1) is 18.7. The third-order valence-corrected chi connectivity index (χ3v) is 3.98. The van der Waals surface area contributed by atoms with Gasteiger partial charge in [0.15, 0.2) is 0 Å². The van der Waals surface area contributed by atoms with E-state index >= 15 is 0 Å². The molecule has 0 atom stereocenters. The topological polar surface area (TPSA) is 44.8 Å². The molecule has 0 aliphatic carbocycles. The lowest BCUT2D eigenvalue weighted by Crippen LogP contribution is -2.50. The van der Waals surface area contributed by atoms with E-state index in [0.717, 1.165) is 39.1 Å². The molecule has 0 spiro atoms. The van der Waals surface area contributed by atoms with E-state index in [-0.39, 0.29) is 17.8 Å². The summed E-state index contributed by atoms with van der Waals surface area (Å²) in [7, 11) is 0. The van der Waals surface area contributed by atoms with Gasteiger partial charge in [-0.2, -0.15) is 0 Å². The number of hydrogen-bond donors (Lipinski definition) is 1. The Bertz CT molecular complexity index is 499. The molecule has 1 N–H and O–H groups in total. The van der Waals surface area contributed by atoms with E-state index in [1.165, 1.54) is 12.1 Å². The van der Waals surface area contributed by atoms with Gasteiger partial charge in [-0.05, 0) is 44.5 Å². The predicted molar refractivity (Wildman–Crippen MR) is 92.7 cm³/mol. The molecule has 134 valence electrons. The van der Waals surface area contributed by atoms with Gasteiger partial charge in [0, 0.05) is 38.8 Å². The molecule has 6 heteroatoms. The molecule has 24 heavy (non-hydrogen) atoms. The number of amides is 1. The second-order valence-electron chi connectivity index (χ2n) is 6.50. The smallest absolute Gasteiger partial charge is 0.234 e. The molecular formula is C18H28FN3O2. The third-order valence-electron chi connectivity index (χ3n) is 3.98. The van der Waals surface area contributed by atoms with Gasteiger partial charge in [-0.3, -0.25) is 9.69 Å². The van der Waals surface area contributed by atoms with Crippen LogP contribution in [0.15, 0.2) is 24.3 Å². The highest BCUT2D eigenvalue weighted by molar-refractivity contribution is 5.78. The van der Waals surface area contributed by atoms with Crippen molar-refractivity contribution >= 4 is 5.91 Å². The van der Waals surface area contributed by atoms with Crippen LogP contribution < -0.4 is 10.1 Å². The minimum Gasteiger partial charge on any atom is -0.494 e. The summed E-state index contributed by atoms with van der Waals surface area (Å²) in [6.45, 7) is 9.84. The van der Waals surface area contributed by atoms with E-state index in [1.54, 1.807) is 12.1 Å². The highest BCUT2D eigenvalue weighted by atomic mass is 19.1. The van der Waals surface area contributed by atoms with Crippen LogP contribution in [0.1, 0.15) is 20.3 Å². The van der Waals surface area contributed by atoms with Crippen molar-refractivity contribution in [2.75, 3.05) is 45.9 Å². The summed E-state index contributed by atoms with van der Waals surface area (Å²) in [5.74, 6) is 0.561. The van der Waals surface area contributed by atoms with Crippen molar-refractivity contribution in [1.29, 1.82) is 0 Å². The van der Waals surface area contributed by atoms with Gasteiger partial charge in [0.1, 0.15) is 11.6 Å². The minimum atomic E-state index is -0.248. The Hall–Kier alpha value is -1.66. The molecule has 1 aromatic carbocycles. The van der Waals surface area contributed by atoms with Crippen LogP contribution in [0, 0.1) is 5.82 Å². The first-order chi connectivity index (χ1) is 11.5. The molecule has 1 aliphatic heterocycles. The van der Waals surface area contributed by atoms with Crippen molar-refractivity contribution in [3.8, 4) is 5.75 Å². The quantitative estimate of drug-likeness (QED) is 0.734. The number of nitrogens with one attached hydrogen (secondary N) is 1. The fourth-order valence-corrected chi connectivity index (χ4v) is 2.75. The van der Waals surface area contributed by atoms with Crippen LogP contribution in [-0.2, 0) is 4.79 Å². The lowest BCUT2D eigenvalue weighted by molar-refractivity contribution is -0.123. The summed E-state index contributed by atoms with van der Waals surface area (Å²) in [6, 6.07) is 6.31. The number of carbonyl (C=O) groups is 1. The highest BCUT2D eigenvalue weighted by Gasteiger charge is 2.18. The Labute approximate surface area is 143 Å². The average Bonchev–Trinajstić information content (AvgIpc) is 2.54. The molecule has 2 rings (SSSR count). The Morgan fingerprint density at radius 3 is 2.42 bits per heavy atom. The number of hydrogen-bond acceptors (Lipinski definition) is 4. The molecule has 0 saturated carbocycles. The molecule has 1 amide bonds. The fraction of sp³-hybridized carbons (Fsp3) is 0.611. The number of benzene rings is 1. The average molecular weight is 337 g/mol. The molecule has 1 saturated heterocycles. The zero-order valence-corrected chi connectivity index (χ0v) is 14.6. The Balaban J connectivity index is 1.56. The summed E-state index contributed by atoms with van der Waals surface area (Å²) in [5, 5.41) is 2.93. The normalized spacial score (nSPS) is 16.3. The van der Waals surface area contributed by atoms with Crippen molar-refractivity contribution in [2.45, 2.75) is 26.3 Å².